The average Bonchev–Trinajstić information content (AvgIpc) is 3.15. The Morgan fingerprint density at radius 2 is 2.07 bits per heavy atom. The third kappa shape index (κ3) is 5.34. The minimum atomic E-state index is 0.00483. The van der Waals surface area contributed by atoms with Crippen LogP contribution >= 0.6 is 11.3 Å². The fraction of sp³-hybridized carbons (Fsp3) is 0.500. The highest BCUT2D eigenvalue weighted by Crippen LogP contribution is 2.29. The fourth-order valence-electron chi connectivity index (χ4n) is 3.54. The number of hydrogen-bond donors (Lipinski definition) is 1. The highest BCUT2D eigenvalue weighted by molar-refractivity contribution is 7.07. The van der Waals surface area contributed by atoms with E-state index >= 15 is 0 Å². The van der Waals surface area contributed by atoms with Gasteiger partial charge in [-0.3, -0.25) is 9.69 Å². The molecule has 0 bridgehead atoms. The number of carbonyl (C=O) groups excluding carboxylic acids is 1. The number of nitrogens with zero attached hydrogens (tertiary/aromatic N) is 2. The molecule has 1 aromatic heterocycles. The predicted octanol–water partition coefficient (Wildman–Crippen LogP) is 3.92. The second-order valence-corrected chi connectivity index (χ2v) is 8.26. The molecule has 1 amide bonds. The van der Waals surface area contributed by atoms with Crippen LogP contribution in [0.15, 0.2) is 41.1 Å². The zero-order valence-corrected chi connectivity index (χ0v) is 17.9. The number of ether oxygens (including phenoxy) is 1. The maximum Gasteiger partial charge on any atom is 0.228 e. The number of carbonyl (C=O) groups is 1. The molecule has 2 heterocycles. The van der Waals surface area contributed by atoms with Gasteiger partial charge >= 0.3 is 0 Å². The maximum atomic E-state index is 12.7. The smallest absolute Gasteiger partial charge is 0.228 e. The molecule has 1 aliphatic rings. The number of anilines is 1. The van der Waals surface area contributed by atoms with Crippen LogP contribution in [0.3, 0.4) is 0 Å². The monoisotopic (exact) mass is 401 g/mol. The predicted molar refractivity (Wildman–Crippen MR) is 116 cm³/mol. The molecule has 1 aromatic carbocycles. The zero-order chi connectivity index (χ0) is 19.9. The molecule has 3 rings (SSSR count). The van der Waals surface area contributed by atoms with Crippen LogP contribution in [0.2, 0.25) is 0 Å². The molecule has 0 radical (unpaired) electrons. The topological polar surface area (TPSA) is 44.8 Å². The second kappa shape index (κ2) is 10.0. The molecule has 2 aromatic rings. The van der Waals surface area contributed by atoms with Crippen LogP contribution in [0, 0.1) is 0 Å². The first-order valence-electron chi connectivity index (χ1n) is 10.1. The summed E-state index contributed by atoms with van der Waals surface area (Å²) >= 11 is 1.68. The van der Waals surface area contributed by atoms with Gasteiger partial charge in [0.15, 0.2) is 0 Å². The largest absolute Gasteiger partial charge is 0.486 e. The molecule has 1 aliphatic heterocycles. The van der Waals surface area contributed by atoms with Gasteiger partial charge in [0.05, 0.1) is 0 Å². The van der Waals surface area contributed by atoms with Crippen LogP contribution in [-0.4, -0.2) is 50.1 Å². The van der Waals surface area contributed by atoms with Gasteiger partial charge in [0.25, 0.3) is 0 Å². The molecule has 1 atom stereocenters. The van der Waals surface area contributed by atoms with E-state index in [-0.39, 0.29) is 12.0 Å². The molecule has 6 heteroatoms. The average molecular weight is 402 g/mol. The fourth-order valence-corrected chi connectivity index (χ4v) is 4.25. The molecule has 0 saturated carbocycles. The van der Waals surface area contributed by atoms with Gasteiger partial charge in [-0.25, -0.2) is 0 Å². The van der Waals surface area contributed by atoms with Crippen molar-refractivity contribution < 1.29 is 9.53 Å². The number of amides is 1. The summed E-state index contributed by atoms with van der Waals surface area (Å²) in [6.07, 6.45) is 1.46. The Morgan fingerprint density at radius 1 is 1.21 bits per heavy atom. The SMILES string of the molecule is CNCC[C@@H](Oc1cccc(N2CCN(C(C)C)CCC2=O)c1)c1ccsc1. The van der Waals surface area contributed by atoms with Gasteiger partial charge in [0.2, 0.25) is 5.91 Å². The molecule has 1 N–H and O–H groups in total. The summed E-state index contributed by atoms with van der Waals surface area (Å²) in [5.74, 6) is 0.993. The molecule has 152 valence electrons. The van der Waals surface area contributed by atoms with Crippen LogP contribution in [0.5, 0.6) is 5.75 Å². The van der Waals surface area contributed by atoms with E-state index in [0.717, 1.165) is 37.5 Å². The van der Waals surface area contributed by atoms with Crippen LogP contribution in [-0.2, 0) is 4.79 Å². The number of hydrogen-bond acceptors (Lipinski definition) is 5. The summed E-state index contributed by atoms with van der Waals surface area (Å²) in [5.41, 5.74) is 2.12. The highest BCUT2D eigenvalue weighted by Gasteiger charge is 2.24. The van der Waals surface area contributed by atoms with Gasteiger partial charge in [-0.1, -0.05) is 6.07 Å². The van der Waals surface area contributed by atoms with Gasteiger partial charge in [0, 0.05) is 55.8 Å². The van der Waals surface area contributed by atoms with Crippen LogP contribution < -0.4 is 15.0 Å². The van der Waals surface area contributed by atoms with Crippen molar-refractivity contribution in [1.29, 1.82) is 0 Å². The van der Waals surface area contributed by atoms with Gasteiger partial charge < -0.3 is 15.0 Å². The lowest BCUT2D eigenvalue weighted by Gasteiger charge is -2.25. The van der Waals surface area contributed by atoms with Crippen molar-refractivity contribution in [3.05, 3.63) is 46.7 Å². The lowest BCUT2D eigenvalue weighted by molar-refractivity contribution is -0.118. The summed E-state index contributed by atoms with van der Waals surface area (Å²) in [5, 5.41) is 7.42. The van der Waals surface area contributed by atoms with Crippen molar-refractivity contribution in [2.24, 2.45) is 0 Å². The van der Waals surface area contributed by atoms with E-state index < -0.39 is 0 Å². The third-order valence-electron chi connectivity index (χ3n) is 5.23. The number of thiophene rings is 1. The molecular weight excluding hydrogens is 370 g/mol. The second-order valence-electron chi connectivity index (χ2n) is 7.48. The summed E-state index contributed by atoms with van der Waals surface area (Å²) in [6.45, 7) is 7.69. The first kappa shape index (κ1) is 20.8. The Morgan fingerprint density at radius 3 is 2.79 bits per heavy atom. The minimum absolute atomic E-state index is 0.00483. The summed E-state index contributed by atoms with van der Waals surface area (Å²) in [7, 11) is 1.96. The van der Waals surface area contributed by atoms with Crippen molar-refractivity contribution in [1.82, 2.24) is 10.2 Å². The quantitative estimate of drug-likeness (QED) is 0.728. The van der Waals surface area contributed by atoms with E-state index in [0.29, 0.717) is 19.0 Å². The summed E-state index contributed by atoms with van der Waals surface area (Å²) in [6, 6.07) is 10.5. The minimum Gasteiger partial charge on any atom is -0.486 e. The number of nitrogens with one attached hydrogen (secondary N) is 1. The van der Waals surface area contributed by atoms with E-state index in [1.54, 1.807) is 11.3 Å². The van der Waals surface area contributed by atoms with E-state index in [2.05, 4.69) is 40.9 Å². The van der Waals surface area contributed by atoms with Crippen molar-refractivity contribution in [2.45, 2.75) is 38.8 Å². The van der Waals surface area contributed by atoms with Gasteiger partial charge in [-0.15, -0.1) is 0 Å². The standard InChI is InChI=1S/C22H31N3O2S/c1-17(2)24-11-8-22(26)25(13-12-24)19-5-4-6-20(15-19)27-21(7-10-23-3)18-9-14-28-16-18/h4-6,9,14-17,21,23H,7-8,10-13H2,1-3H3/t21-/m1/s1. The van der Waals surface area contributed by atoms with E-state index in [9.17, 15) is 4.79 Å². The van der Waals surface area contributed by atoms with Crippen molar-refractivity contribution in [2.75, 3.05) is 38.1 Å². The van der Waals surface area contributed by atoms with Crippen molar-refractivity contribution >= 4 is 22.9 Å². The Hall–Kier alpha value is -1.89. The third-order valence-corrected chi connectivity index (χ3v) is 5.94. The number of benzene rings is 1. The molecule has 0 aliphatic carbocycles. The normalized spacial score (nSPS) is 17.0. The first-order valence-corrected chi connectivity index (χ1v) is 11.0. The summed E-state index contributed by atoms with van der Waals surface area (Å²) in [4.78, 5) is 17.0. The number of rotatable bonds is 8. The molecule has 1 fully saturated rings. The highest BCUT2D eigenvalue weighted by atomic mass is 32.1. The zero-order valence-electron chi connectivity index (χ0n) is 17.1. The summed E-state index contributed by atoms with van der Waals surface area (Å²) < 4.78 is 6.34. The first-order chi connectivity index (χ1) is 13.6. The molecule has 0 unspecified atom stereocenters. The molecule has 1 saturated heterocycles. The van der Waals surface area contributed by atoms with Crippen LogP contribution in [0.25, 0.3) is 0 Å². The van der Waals surface area contributed by atoms with Crippen LogP contribution in [0.1, 0.15) is 38.4 Å². The Bertz CT molecular complexity index is 748. The van der Waals surface area contributed by atoms with Crippen molar-refractivity contribution in [3.8, 4) is 5.75 Å². The molecule has 5 nitrogen and oxygen atoms in total. The Kier molecular flexibility index (Phi) is 7.48. The molecule has 0 spiro atoms. The van der Waals surface area contributed by atoms with Crippen LogP contribution in [0.4, 0.5) is 5.69 Å². The molecular formula is C22H31N3O2S. The van der Waals surface area contributed by atoms with E-state index in [4.69, 9.17) is 4.74 Å². The van der Waals surface area contributed by atoms with Gasteiger partial charge in [0.1, 0.15) is 11.9 Å². The van der Waals surface area contributed by atoms with Crippen molar-refractivity contribution in [3.63, 3.8) is 0 Å². The Balaban J connectivity index is 1.74. The lowest BCUT2D eigenvalue weighted by Crippen LogP contribution is -2.35. The van der Waals surface area contributed by atoms with E-state index in [1.165, 1.54) is 5.56 Å². The molecule has 28 heavy (non-hydrogen) atoms. The van der Waals surface area contributed by atoms with Gasteiger partial charge in [-0.2, -0.15) is 11.3 Å². The maximum absolute atomic E-state index is 12.7. The van der Waals surface area contributed by atoms with E-state index in [1.807, 2.05) is 36.2 Å². The lowest BCUT2D eigenvalue weighted by atomic mass is 10.1. The Labute approximate surface area is 172 Å². The van der Waals surface area contributed by atoms with Gasteiger partial charge in [-0.05, 0) is 56.4 Å².